The van der Waals surface area contributed by atoms with Crippen LogP contribution in [0.3, 0.4) is 0 Å². The topological polar surface area (TPSA) is 6.48 Å². The number of rotatable bonds is 4. The van der Waals surface area contributed by atoms with Crippen LogP contribution in [-0.2, 0) is 12.8 Å². The van der Waals surface area contributed by atoms with Crippen LogP contribution >= 0.6 is 0 Å². The molecular formula is C48H44N2. The lowest BCUT2D eigenvalue weighted by molar-refractivity contribution is 0.767. The van der Waals surface area contributed by atoms with E-state index in [2.05, 4.69) is 159 Å². The Balaban J connectivity index is 1.37. The van der Waals surface area contributed by atoms with Gasteiger partial charge >= 0.3 is 0 Å². The molecule has 0 atom stereocenters. The van der Waals surface area contributed by atoms with Gasteiger partial charge < -0.3 is 9.80 Å². The van der Waals surface area contributed by atoms with E-state index in [0.717, 1.165) is 38.8 Å². The molecule has 0 saturated heterocycles. The molecular weight excluding hydrogens is 605 g/mol. The third-order valence-electron chi connectivity index (χ3n) is 11.5. The summed E-state index contributed by atoms with van der Waals surface area (Å²) in [6.45, 7) is 11.0. The Morgan fingerprint density at radius 1 is 0.400 bits per heavy atom. The fourth-order valence-corrected chi connectivity index (χ4v) is 8.56. The van der Waals surface area contributed by atoms with Gasteiger partial charge in [-0.3, -0.25) is 0 Å². The van der Waals surface area contributed by atoms with Crippen LogP contribution in [0, 0.1) is 27.7 Å². The number of benzene rings is 7. The maximum absolute atomic E-state index is 2.54. The average molecular weight is 649 g/mol. The third-order valence-corrected chi connectivity index (χ3v) is 11.5. The second-order valence-electron chi connectivity index (χ2n) is 14.6. The van der Waals surface area contributed by atoms with Crippen molar-refractivity contribution in [2.45, 2.75) is 53.4 Å². The van der Waals surface area contributed by atoms with Crippen LogP contribution < -0.4 is 9.80 Å². The van der Waals surface area contributed by atoms with Crippen LogP contribution in [0.25, 0.3) is 43.8 Å². The number of para-hydroxylation sites is 2. The van der Waals surface area contributed by atoms with E-state index in [1.54, 1.807) is 0 Å². The quantitative estimate of drug-likeness (QED) is 0.175. The number of fused-ring (bicyclic) bond motifs is 4. The highest BCUT2D eigenvalue weighted by molar-refractivity contribution is 6.22. The number of nitrogens with zero attached hydrogens (tertiary/aromatic N) is 2. The van der Waals surface area contributed by atoms with Crippen molar-refractivity contribution in [2.24, 2.45) is 0 Å². The summed E-state index contributed by atoms with van der Waals surface area (Å²) in [5.74, 6) is 0. The maximum atomic E-state index is 2.54. The van der Waals surface area contributed by atoms with Gasteiger partial charge in [0.15, 0.2) is 0 Å². The number of hydrogen-bond acceptors (Lipinski definition) is 2. The Labute approximate surface area is 296 Å². The van der Waals surface area contributed by atoms with Gasteiger partial charge in [0, 0.05) is 35.8 Å². The highest BCUT2D eigenvalue weighted by atomic mass is 15.1. The Morgan fingerprint density at radius 2 is 0.840 bits per heavy atom. The minimum atomic E-state index is 1.03. The lowest BCUT2D eigenvalue weighted by Gasteiger charge is -2.32. The predicted octanol–water partition coefficient (Wildman–Crippen LogP) is 12.7. The van der Waals surface area contributed by atoms with Gasteiger partial charge in [0.2, 0.25) is 0 Å². The number of anilines is 4. The molecule has 0 radical (unpaired) electrons. The molecule has 0 unspecified atom stereocenters. The van der Waals surface area contributed by atoms with Crippen LogP contribution in [0.4, 0.5) is 22.7 Å². The van der Waals surface area contributed by atoms with Crippen LogP contribution in [0.1, 0.15) is 46.2 Å². The predicted molar refractivity (Wildman–Crippen MR) is 215 cm³/mol. The fraction of sp³-hybridized carbons (Fsp3) is 0.208. The van der Waals surface area contributed by atoms with Crippen molar-refractivity contribution in [1.29, 1.82) is 0 Å². The highest BCUT2D eigenvalue weighted by Gasteiger charge is 2.24. The van der Waals surface area contributed by atoms with E-state index in [1.165, 1.54) is 99.9 Å². The first kappa shape index (κ1) is 30.7. The van der Waals surface area contributed by atoms with Crippen molar-refractivity contribution in [3.8, 4) is 22.3 Å². The van der Waals surface area contributed by atoms with Gasteiger partial charge in [0.25, 0.3) is 0 Å². The molecule has 0 saturated carbocycles. The summed E-state index contributed by atoms with van der Waals surface area (Å²) in [7, 11) is 0. The largest absolute Gasteiger partial charge is 0.341 e. The average Bonchev–Trinajstić information content (AvgIpc) is 3.15. The Bertz CT molecular complexity index is 2280. The van der Waals surface area contributed by atoms with Gasteiger partial charge in [-0.05, 0) is 167 Å². The molecule has 0 fully saturated rings. The molecule has 0 amide bonds. The third kappa shape index (κ3) is 5.09. The summed E-state index contributed by atoms with van der Waals surface area (Å²) >= 11 is 0. The van der Waals surface area contributed by atoms with E-state index in [0.29, 0.717) is 0 Å². The van der Waals surface area contributed by atoms with Crippen molar-refractivity contribution in [3.05, 3.63) is 155 Å². The Morgan fingerprint density at radius 3 is 1.28 bits per heavy atom. The summed E-state index contributed by atoms with van der Waals surface area (Å²) in [5.41, 5.74) is 18.6. The molecule has 246 valence electrons. The van der Waals surface area contributed by atoms with Crippen LogP contribution in [-0.4, -0.2) is 13.1 Å². The fourth-order valence-electron chi connectivity index (χ4n) is 8.56. The van der Waals surface area contributed by atoms with E-state index in [9.17, 15) is 0 Å². The molecule has 0 bridgehead atoms. The molecule has 0 aliphatic carbocycles. The molecule has 2 aliphatic rings. The molecule has 2 nitrogen and oxygen atoms in total. The van der Waals surface area contributed by atoms with Crippen molar-refractivity contribution < 1.29 is 0 Å². The lowest BCUT2D eigenvalue weighted by Crippen LogP contribution is -2.24. The van der Waals surface area contributed by atoms with Gasteiger partial charge in [0.05, 0.1) is 0 Å². The van der Waals surface area contributed by atoms with Gasteiger partial charge in [-0.1, -0.05) is 84.9 Å². The second-order valence-corrected chi connectivity index (χ2v) is 14.6. The smallest absolute Gasteiger partial charge is 0.0443 e. The van der Waals surface area contributed by atoms with E-state index >= 15 is 0 Å². The second kappa shape index (κ2) is 12.2. The molecule has 50 heavy (non-hydrogen) atoms. The summed E-state index contributed by atoms with van der Waals surface area (Å²) in [6.07, 6.45) is 4.60. The molecule has 7 aromatic rings. The van der Waals surface area contributed by atoms with Crippen LogP contribution in [0.2, 0.25) is 0 Å². The van der Waals surface area contributed by atoms with Gasteiger partial charge in [-0.15, -0.1) is 0 Å². The van der Waals surface area contributed by atoms with Gasteiger partial charge in [-0.2, -0.15) is 0 Å². The molecule has 0 spiro atoms. The standard InChI is InChI=1S/C48H44N2/c1-31-17-19-37(27-33(31)3)47-41-23-21-40(50-26-10-14-36-12-6-8-16-46(36)50)30-44(41)48(38-20-18-32(2)34(4)28-38)42-24-22-39(29-43(42)47)49-25-9-13-35-11-5-7-15-45(35)49/h5-8,11-12,15-24,27-30H,9-10,13-14,25-26H2,1-4H3. The first-order valence-electron chi connectivity index (χ1n) is 18.3. The zero-order valence-corrected chi connectivity index (χ0v) is 29.7. The summed E-state index contributed by atoms with van der Waals surface area (Å²) in [5, 5.41) is 5.23. The molecule has 0 aromatic heterocycles. The summed E-state index contributed by atoms with van der Waals surface area (Å²) < 4.78 is 0. The van der Waals surface area contributed by atoms with E-state index < -0.39 is 0 Å². The van der Waals surface area contributed by atoms with Crippen molar-refractivity contribution in [2.75, 3.05) is 22.9 Å². The number of hydrogen-bond donors (Lipinski definition) is 0. The van der Waals surface area contributed by atoms with E-state index in [4.69, 9.17) is 0 Å². The normalized spacial score (nSPS) is 14.2. The maximum Gasteiger partial charge on any atom is 0.0443 e. The highest BCUT2D eigenvalue weighted by Crippen LogP contribution is 2.48. The van der Waals surface area contributed by atoms with E-state index in [1.807, 2.05) is 0 Å². The minimum Gasteiger partial charge on any atom is -0.341 e. The molecule has 7 aromatic carbocycles. The molecule has 2 aliphatic heterocycles. The van der Waals surface area contributed by atoms with Crippen molar-refractivity contribution in [3.63, 3.8) is 0 Å². The zero-order valence-electron chi connectivity index (χ0n) is 29.7. The Kier molecular flexibility index (Phi) is 7.50. The van der Waals surface area contributed by atoms with Crippen LogP contribution in [0.15, 0.2) is 121 Å². The molecule has 2 heterocycles. The molecule has 9 rings (SSSR count). The van der Waals surface area contributed by atoms with Crippen molar-refractivity contribution >= 4 is 44.3 Å². The van der Waals surface area contributed by atoms with Crippen molar-refractivity contribution in [1.82, 2.24) is 0 Å². The first-order valence-corrected chi connectivity index (χ1v) is 18.3. The lowest BCUT2D eigenvalue weighted by atomic mass is 9.84. The first-order chi connectivity index (χ1) is 24.4. The summed E-state index contributed by atoms with van der Waals surface area (Å²) in [6, 6.07) is 46.5. The number of aryl methyl sites for hydroxylation is 6. The van der Waals surface area contributed by atoms with Gasteiger partial charge in [-0.25, -0.2) is 0 Å². The molecule has 2 heteroatoms. The SMILES string of the molecule is Cc1ccc(-c2c3ccc(N4CCCc5ccccc54)cc3c(-c3ccc(C)c(C)c3)c3ccc(N4CCCc5ccccc54)cc23)cc1C. The Hall–Kier alpha value is -5.34. The van der Waals surface area contributed by atoms with Gasteiger partial charge in [0.1, 0.15) is 0 Å². The minimum absolute atomic E-state index is 1.03. The molecule has 0 N–H and O–H groups in total. The zero-order chi connectivity index (χ0) is 33.9. The van der Waals surface area contributed by atoms with E-state index in [-0.39, 0.29) is 0 Å². The monoisotopic (exact) mass is 648 g/mol. The summed E-state index contributed by atoms with van der Waals surface area (Å²) in [4.78, 5) is 5.08. The van der Waals surface area contributed by atoms with Crippen LogP contribution in [0.5, 0.6) is 0 Å².